The molecule has 0 atom stereocenters. The molecule has 0 aliphatic carbocycles. The van der Waals surface area contributed by atoms with Crippen LogP contribution >= 0.6 is 11.6 Å². The molecule has 1 nitrogen and oxygen atoms in total. The second kappa shape index (κ2) is 2.28. The first-order valence-electron chi connectivity index (χ1n) is 2.60. The largest absolute Gasteiger partial charge is 0.452 e. The van der Waals surface area contributed by atoms with Crippen molar-refractivity contribution in [3.05, 3.63) is 29.7 Å². The Hall–Kier alpha value is -0.690. The van der Waals surface area contributed by atoms with Crippen molar-refractivity contribution >= 4 is 17.2 Å². The molecular weight excluding hydrogens is 136 g/mol. The summed E-state index contributed by atoms with van der Waals surface area (Å²) in [5.74, 6) is 0. The van der Waals surface area contributed by atoms with E-state index < -0.39 is 0 Å². The SMILES string of the molecule is C=C(C)c1ccoc1Cl. The van der Waals surface area contributed by atoms with Crippen LogP contribution in [0, 0.1) is 0 Å². The molecule has 0 amide bonds. The van der Waals surface area contributed by atoms with Crippen LogP contribution in [0.4, 0.5) is 0 Å². The van der Waals surface area contributed by atoms with Crippen molar-refractivity contribution in [2.75, 3.05) is 0 Å². The van der Waals surface area contributed by atoms with Gasteiger partial charge in [-0.1, -0.05) is 6.58 Å². The first kappa shape index (κ1) is 6.43. The second-order valence-corrected chi connectivity index (χ2v) is 2.23. The van der Waals surface area contributed by atoms with E-state index in [4.69, 9.17) is 16.0 Å². The van der Waals surface area contributed by atoms with Crippen LogP contribution in [0.5, 0.6) is 0 Å². The van der Waals surface area contributed by atoms with E-state index in [0.29, 0.717) is 5.22 Å². The molecule has 0 saturated heterocycles. The molecule has 1 rings (SSSR count). The summed E-state index contributed by atoms with van der Waals surface area (Å²) in [4.78, 5) is 0. The first-order valence-corrected chi connectivity index (χ1v) is 2.98. The Morgan fingerprint density at radius 3 is 2.67 bits per heavy atom. The second-order valence-electron chi connectivity index (χ2n) is 1.89. The van der Waals surface area contributed by atoms with E-state index in [-0.39, 0.29) is 0 Å². The molecule has 2 heteroatoms. The summed E-state index contributed by atoms with van der Waals surface area (Å²) in [5, 5.41) is 0.419. The number of allylic oxidation sites excluding steroid dienone is 1. The van der Waals surface area contributed by atoms with E-state index >= 15 is 0 Å². The maximum atomic E-state index is 5.61. The molecule has 0 fully saturated rings. The topological polar surface area (TPSA) is 13.1 Å². The van der Waals surface area contributed by atoms with Crippen LogP contribution < -0.4 is 0 Å². The maximum Gasteiger partial charge on any atom is 0.200 e. The number of hydrogen-bond donors (Lipinski definition) is 0. The van der Waals surface area contributed by atoms with E-state index in [0.717, 1.165) is 11.1 Å². The van der Waals surface area contributed by atoms with Gasteiger partial charge in [0.15, 0.2) is 5.22 Å². The minimum atomic E-state index is 0.419. The highest BCUT2D eigenvalue weighted by Crippen LogP contribution is 2.22. The summed E-state index contributed by atoms with van der Waals surface area (Å²) in [5.41, 5.74) is 1.81. The van der Waals surface area contributed by atoms with Crippen LogP contribution in [-0.2, 0) is 0 Å². The van der Waals surface area contributed by atoms with Gasteiger partial charge in [0.2, 0.25) is 0 Å². The van der Waals surface area contributed by atoms with Crippen LogP contribution in [-0.4, -0.2) is 0 Å². The zero-order valence-electron chi connectivity index (χ0n) is 5.15. The molecule has 0 bridgehead atoms. The van der Waals surface area contributed by atoms with Crippen molar-refractivity contribution in [2.45, 2.75) is 6.92 Å². The van der Waals surface area contributed by atoms with Crippen molar-refractivity contribution in [2.24, 2.45) is 0 Å². The van der Waals surface area contributed by atoms with E-state index in [9.17, 15) is 0 Å². The van der Waals surface area contributed by atoms with Gasteiger partial charge in [-0.05, 0) is 30.2 Å². The average molecular weight is 143 g/mol. The molecule has 0 spiro atoms. The lowest BCUT2D eigenvalue weighted by Gasteiger charge is -1.89. The Bertz CT molecular complexity index is 225. The van der Waals surface area contributed by atoms with Gasteiger partial charge in [0.1, 0.15) is 0 Å². The summed E-state index contributed by atoms with van der Waals surface area (Å²) < 4.78 is 4.83. The minimum absolute atomic E-state index is 0.419. The number of halogens is 1. The number of hydrogen-bond acceptors (Lipinski definition) is 1. The third-order valence-electron chi connectivity index (χ3n) is 1.08. The molecule has 0 saturated carbocycles. The summed E-state index contributed by atoms with van der Waals surface area (Å²) in [7, 11) is 0. The molecule has 1 aromatic heterocycles. The highest BCUT2D eigenvalue weighted by Gasteiger charge is 2.01. The van der Waals surface area contributed by atoms with Gasteiger partial charge < -0.3 is 4.42 Å². The van der Waals surface area contributed by atoms with Crippen LogP contribution in [0.15, 0.2) is 23.3 Å². The van der Waals surface area contributed by atoms with Gasteiger partial charge in [-0.25, -0.2) is 0 Å². The number of rotatable bonds is 1. The summed E-state index contributed by atoms with van der Waals surface area (Å²) in [6.07, 6.45) is 1.55. The quantitative estimate of drug-likeness (QED) is 0.588. The molecule has 1 heterocycles. The van der Waals surface area contributed by atoms with Crippen molar-refractivity contribution < 1.29 is 4.42 Å². The maximum absolute atomic E-state index is 5.61. The normalized spacial score (nSPS) is 9.56. The van der Waals surface area contributed by atoms with Crippen LogP contribution in [0.25, 0.3) is 5.57 Å². The first-order chi connectivity index (χ1) is 4.22. The van der Waals surface area contributed by atoms with E-state index in [2.05, 4.69) is 6.58 Å². The van der Waals surface area contributed by atoms with Crippen molar-refractivity contribution in [1.29, 1.82) is 0 Å². The third-order valence-corrected chi connectivity index (χ3v) is 1.37. The van der Waals surface area contributed by atoms with Crippen molar-refractivity contribution in [3.8, 4) is 0 Å². The zero-order chi connectivity index (χ0) is 6.85. The molecule has 0 aliphatic heterocycles. The fraction of sp³-hybridized carbons (Fsp3) is 0.143. The highest BCUT2D eigenvalue weighted by molar-refractivity contribution is 6.30. The van der Waals surface area contributed by atoms with E-state index in [1.165, 1.54) is 0 Å². The van der Waals surface area contributed by atoms with Gasteiger partial charge in [0.05, 0.1) is 6.26 Å². The molecule has 0 radical (unpaired) electrons. The minimum Gasteiger partial charge on any atom is -0.452 e. The highest BCUT2D eigenvalue weighted by atomic mass is 35.5. The Balaban J connectivity index is 3.08. The molecule has 0 aromatic carbocycles. The predicted molar refractivity (Wildman–Crippen MR) is 38.4 cm³/mol. The lowest BCUT2D eigenvalue weighted by atomic mass is 10.2. The van der Waals surface area contributed by atoms with Gasteiger partial charge >= 0.3 is 0 Å². The van der Waals surface area contributed by atoms with Crippen LogP contribution in [0.3, 0.4) is 0 Å². The van der Waals surface area contributed by atoms with Gasteiger partial charge in [-0.3, -0.25) is 0 Å². The van der Waals surface area contributed by atoms with Gasteiger partial charge in [-0.15, -0.1) is 0 Å². The smallest absolute Gasteiger partial charge is 0.200 e. The van der Waals surface area contributed by atoms with Gasteiger partial charge in [0, 0.05) is 5.56 Å². The predicted octanol–water partition coefficient (Wildman–Crippen LogP) is 2.97. The zero-order valence-corrected chi connectivity index (χ0v) is 5.90. The standard InChI is InChI=1S/C7H7ClO/c1-5(2)6-3-4-9-7(6)8/h3-4H,1H2,2H3. The monoisotopic (exact) mass is 142 g/mol. The summed E-state index contributed by atoms with van der Waals surface area (Å²) in [6.45, 7) is 5.60. The van der Waals surface area contributed by atoms with Crippen molar-refractivity contribution in [1.82, 2.24) is 0 Å². The van der Waals surface area contributed by atoms with Crippen LogP contribution in [0.2, 0.25) is 5.22 Å². The average Bonchev–Trinajstić information content (AvgIpc) is 2.13. The Morgan fingerprint density at radius 2 is 2.44 bits per heavy atom. The van der Waals surface area contributed by atoms with E-state index in [1.54, 1.807) is 12.3 Å². The molecule has 0 N–H and O–H groups in total. The van der Waals surface area contributed by atoms with Crippen LogP contribution in [0.1, 0.15) is 12.5 Å². The van der Waals surface area contributed by atoms with Crippen molar-refractivity contribution in [3.63, 3.8) is 0 Å². The molecule has 0 unspecified atom stereocenters. The lowest BCUT2D eigenvalue weighted by Crippen LogP contribution is -1.69. The molecular formula is C7H7ClO. The fourth-order valence-electron chi connectivity index (χ4n) is 0.601. The summed E-state index contributed by atoms with van der Waals surface area (Å²) in [6, 6.07) is 1.80. The van der Waals surface area contributed by atoms with Gasteiger partial charge in [-0.2, -0.15) is 0 Å². The fourth-order valence-corrected chi connectivity index (χ4v) is 0.877. The third kappa shape index (κ3) is 1.16. The molecule has 1 aromatic rings. The number of furan rings is 1. The molecule has 9 heavy (non-hydrogen) atoms. The molecule has 0 aliphatic rings. The lowest BCUT2D eigenvalue weighted by molar-refractivity contribution is 0.568. The Kier molecular flexibility index (Phi) is 1.63. The van der Waals surface area contributed by atoms with Gasteiger partial charge in [0.25, 0.3) is 0 Å². The summed E-state index contributed by atoms with van der Waals surface area (Å²) >= 11 is 5.61. The Morgan fingerprint density at radius 1 is 1.78 bits per heavy atom. The molecule has 48 valence electrons. The Labute approximate surface area is 58.9 Å². The van der Waals surface area contributed by atoms with E-state index in [1.807, 2.05) is 6.92 Å².